The molecule has 3 aliphatic heterocycles. The van der Waals surface area contributed by atoms with Gasteiger partial charge in [-0.05, 0) is 55.2 Å². The van der Waals surface area contributed by atoms with Crippen LogP contribution in [0.5, 0.6) is 5.75 Å². The topological polar surface area (TPSA) is 94.7 Å². The Kier molecular flexibility index (Phi) is 10.4. The van der Waals surface area contributed by atoms with Gasteiger partial charge in [-0.1, -0.05) is 30.7 Å². The van der Waals surface area contributed by atoms with Crippen molar-refractivity contribution in [3.63, 3.8) is 0 Å². The Morgan fingerprint density at radius 3 is 2.52 bits per heavy atom. The molecule has 0 spiro atoms. The minimum Gasteiger partial charge on any atom is -0.484 e. The average Bonchev–Trinajstić information content (AvgIpc) is 3.25. The van der Waals surface area contributed by atoms with Gasteiger partial charge in [0.2, 0.25) is 5.91 Å². The van der Waals surface area contributed by atoms with E-state index in [9.17, 15) is 14.4 Å². The van der Waals surface area contributed by atoms with Crippen molar-refractivity contribution in [1.82, 2.24) is 15.1 Å². The first-order chi connectivity index (χ1) is 21.3. The van der Waals surface area contributed by atoms with Gasteiger partial charge >= 0.3 is 6.09 Å². The number of hydrogen-bond acceptors (Lipinski definition) is 7. The maximum absolute atomic E-state index is 15.2. The van der Waals surface area contributed by atoms with Crippen molar-refractivity contribution in [3.05, 3.63) is 65.5 Å². The minimum absolute atomic E-state index is 0.0468. The highest BCUT2D eigenvalue weighted by Crippen LogP contribution is 2.28. The molecule has 2 aromatic rings. The van der Waals surface area contributed by atoms with E-state index in [-0.39, 0.29) is 31.5 Å². The van der Waals surface area contributed by atoms with Crippen molar-refractivity contribution < 1.29 is 28.2 Å². The fourth-order valence-corrected chi connectivity index (χ4v) is 5.84. The molecule has 1 atom stereocenters. The van der Waals surface area contributed by atoms with Crippen LogP contribution in [-0.4, -0.2) is 92.8 Å². The van der Waals surface area contributed by atoms with E-state index in [0.29, 0.717) is 43.3 Å². The number of carbonyl (C=O) groups is 3. The normalized spacial score (nSPS) is 19.3. The third-order valence-electron chi connectivity index (χ3n) is 8.44. The Morgan fingerprint density at radius 2 is 1.82 bits per heavy atom. The molecule has 0 unspecified atom stereocenters. The maximum atomic E-state index is 15.2. The molecule has 1 N–H and O–H groups in total. The van der Waals surface area contributed by atoms with E-state index >= 15 is 4.39 Å². The monoisotopic (exact) mass is 607 g/mol. The van der Waals surface area contributed by atoms with Crippen LogP contribution in [0.15, 0.2) is 54.1 Å². The maximum Gasteiger partial charge on any atom is 0.414 e. The number of hydrogen-bond donors (Lipinski definition) is 1. The van der Waals surface area contributed by atoms with Gasteiger partial charge in [0.05, 0.1) is 24.5 Å². The number of amides is 3. The van der Waals surface area contributed by atoms with Gasteiger partial charge in [-0.15, -0.1) is 0 Å². The SMILES string of the molecule is CCC1=CCCN(Cc2ccc(OCC(=O)N3CCN(c4ccc(N5C[C@H](CNC(C)=O)OC5=O)cc4F)CC3)cc2)CC1. The zero-order valence-electron chi connectivity index (χ0n) is 25.6. The molecule has 2 aromatic carbocycles. The first kappa shape index (κ1) is 31.3. The van der Waals surface area contributed by atoms with Gasteiger partial charge in [-0.25, -0.2) is 9.18 Å². The summed E-state index contributed by atoms with van der Waals surface area (Å²) < 4.78 is 26.2. The first-order valence-corrected chi connectivity index (χ1v) is 15.5. The summed E-state index contributed by atoms with van der Waals surface area (Å²) >= 11 is 0. The molecule has 2 saturated heterocycles. The highest BCUT2D eigenvalue weighted by atomic mass is 19.1. The number of piperazine rings is 1. The van der Waals surface area contributed by atoms with Crippen LogP contribution in [0, 0.1) is 5.82 Å². The van der Waals surface area contributed by atoms with E-state index < -0.39 is 18.0 Å². The first-order valence-electron chi connectivity index (χ1n) is 15.5. The van der Waals surface area contributed by atoms with Crippen LogP contribution in [0.25, 0.3) is 0 Å². The molecule has 11 heteroatoms. The second-order valence-corrected chi connectivity index (χ2v) is 11.5. The summed E-state index contributed by atoms with van der Waals surface area (Å²) in [5.41, 5.74) is 3.59. The number of ether oxygens (including phenoxy) is 2. The molecule has 0 radical (unpaired) electrons. The molecule has 0 aliphatic carbocycles. The summed E-state index contributed by atoms with van der Waals surface area (Å²) in [4.78, 5) is 43.8. The molecule has 3 aliphatic rings. The van der Waals surface area contributed by atoms with E-state index in [4.69, 9.17) is 9.47 Å². The Morgan fingerprint density at radius 1 is 1.05 bits per heavy atom. The Bertz CT molecular complexity index is 1360. The number of rotatable bonds is 10. The van der Waals surface area contributed by atoms with Crippen LogP contribution in [0.2, 0.25) is 0 Å². The van der Waals surface area contributed by atoms with Gasteiger partial charge in [0.15, 0.2) is 6.61 Å². The number of benzene rings is 2. The molecule has 5 rings (SSSR count). The fraction of sp³-hybridized carbons (Fsp3) is 0.485. The lowest BCUT2D eigenvalue weighted by atomic mass is 10.1. The third-order valence-corrected chi connectivity index (χ3v) is 8.44. The number of halogens is 1. The van der Waals surface area contributed by atoms with Crippen molar-refractivity contribution in [1.29, 1.82) is 0 Å². The van der Waals surface area contributed by atoms with Gasteiger partial charge in [-0.2, -0.15) is 0 Å². The van der Waals surface area contributed by atoms with Crippen LogP contribution >= 0.6 is 0 Å². The standard InChI is InChI=1S/C33H42FN5O5/c1-3-25-5-4-13-36(14-12-25)21-26-6-9-28(10-7-26)43-23-32(41)38-17-15-37(16-18-38)31-11-8-27(19-30(31)34)39-22-29(44-33(39)42)20-35-24(2)40/h5-11,19,29H,3-4,12-18,20-23H2,1-2H3,(H,35,40)/t29-/m0/s1. The average molecular weight is 608 g/mol. The lowest BCUT2D eigenvalue weighted by Gasteiger charge is -2.36. The van der Waals surface area contributed by atoms with Crippen LogP contribution in [0.1, 0.15) is 38.7 Å². The van der Waals surface area contributed by atoms with Crippen molar-refractivity contribution in [3.8, 4) is 5.75 Å². The van der Waals surface area contributed by atoms with Crippen molar-refractivity contribution in [2.45, 2.75) is 45.8 Å². The number of anilines is 2. The predicted octanol–water partition coefficient (Wildman–Crippen LogP) is 3.95. The number of nitrogens with one attached hydrogen (secondary N) is 1. The van der Waals surface area contributed by atoms with Gasteiger partial charge in [0.25, 0.3) is 5.91 Å². The second-order valence-electron chi connectivity index (χ2n) is 11.5. The van der Waals surface area contributed by atoms with Crippen molar-refractivity contribution in [2.75, 3.05) is 68.8 Å². The van der Waals surface area contributed by atoms with Crippen molar-refractivity contribution >= 4 is 29.3 Å². The largest absolute Gasteiger partial charge is 0.484 e. The van der Waals surface area contributed by atoms with E-state index in [0.717, 1.165) is 38.9 Å². The molecule has 3 amide bonds. The molecule has 0 saturated carbocycles. The lowest BCUT2D eigenvalue weighted by molar-refractivity contribution is -0.133. The smallest absolute Gasteiger partial charge is 0.414 e. The summed E-state index contributed by atoms with van der Waals surface area (Å²) in [6.07, 6.45) is 4.67. The lowest BCUT2D eigenvalue weighted by Crippen LogP contribution is -2.50. The van der Waals surface area contributed by atoms with Gasteiger partial charge in [-0.3, -0.25) is 19.4 Å². The number of nitrogens with zero attached hydrogens (tertiary/aromatic N) is 4. The highest BCUT2D eigenvalue weighted by molar-refractivity contribution is 5.90. The fourth-order valence-electron chi connectivity index (χ4n) is 5.84. The quantitative estimate of drug-likeness (QED) is 0.409. The van der Waals surface area contributed by atoms with E-state index in [1.54, 1.807) is 22.6 Å². The Labute approximate surface area is 258 Å². The summed E-state index contributed by atoms with van der Waals surface area (Å²) in [6.45, 7) is 8.91. The molecule has 0 bridgehead atoms. The predicted molar refractivity (Wildman–Crippen MR) is 166 cm³/mol. The van der Waals surface area contributed by atoms with Crippen LogP contribution < -0.4 is 19.9 Å². The third kappa shape index (κ3) is 8.07. The molecule has 2 fully saturated rings. The van der Waals surface area contributed by atoms with E-state index in [1.165, 1.54) is 23.5 Å². The molecular weight excluding hydrogens is 565 g/mol. The molecule has 3 heterocycles. The van der Waals surface area contributed by atoms with E-state index in [2.05, 4.69) is 35.3 Å². The summed E-state index contributed by atoms with van der Waals surface area (Å²) in [7, 11) is 0. The molecule has 44 heavy (non-hydrogen) atoms. The Balaban J connectivity index is 1.06. The van der Waals surface area contributed by atoms with Gasteiger partial charge in [0, 0.05) is 52.7 Å². The van der Waals surface area contributed by atoms with Gasteiger partial charge in [0.1, 0.15) is 17.7 Å². The summed E-state index contributed by atoms with van der Waals surface area (Å²) in [5.74, 6) is -0.103. The zero-order chi connectivity index (χ0) is 31.1. The summed E-state index contributed by atoms with van der Waals surface area (Å²) in [6, 6.07) is 12.6. The van der Waals surface area contributed by atoms with Gasteiger partial charge < -0.3 is 24.6 Å². The molecule has 236 valence electrons. The summed E-state index contributed by atoms with van der Waals surface area (Å²) in [5, 5.41) is 2.63. The van der Waals surface area contributed by atoms with Crippen LogP contribution in [0.3, 0.4) is 0 Å². The molecule has 0 aromatic heterocycles. The highest BCUT2D eigenvalue weighted by Gasteiger charge is 2.33. The minimum atomic E-state index is -0.575. The van der Waals surface area contributed by atoms with Crippen molar-refractivity contribution in [2.24, 2.45) is 0 Å². The molecule has 10 nitrogen and oxygen atoms in total. The number of carbonyl (C=O) groups excluding carboxylic acids is 3. The Hall–Kier alpha value is -4.12. The van der Waals surface area contributed by atoms with E-state index in [1.807, 2.05) is 17.0 Å². The second kappa shape index (κ2) is 14.6. The van der Waals surface area contributed by atoms with Crippen LogP contribution in [0.4, 0.5) is 20.6 Å². The van der Waals surface area contributed by atoms with Crippen LogP contribution in [-0.2, 0) is 20.9 Å². The number of cyclic esters (lactones) is 1. The molecular formula is C33H42FN5O5. The zero-order valence-corrected chi connectivity index (χ0v) is 25.6.